The van der Waals surface area contributed by atoms with E-state index in [9.17, 15) is 13.6 Å². The van der Waals surface area contributed by atoms with Crippen molar-refractivity contribution in [1.29, 1.82) is 0 Å². The predicted molar refractivity (Wildman–Crippen MR) is 67.7 cm³/mol. The Kier molecular flexibility index (Phi) is 4.06. The normalized spacial score (nSPS) is 10.3. The lowest BCUT2D eigenvalue weighted by Gasteiger charge is -2.07. The first kappa shape index (κ1) is 13.4. The summed E-state index contributed by atoms with van der Waals surface area (Å²) in [6.07, 6.45) is 0. The quantitative estimate of drug-likeness (QED) is 0.875. The van der Waals surface area contributed by atoms with Crippen LogP contribution in [0.15, 0.2) is 23.7 Å². The smallest absolute Gasteiger partial charge is 0.360 e. The van der Waals surface area contributed by atoms with Crippen LogP contribution in [0.25, 0.3) is 0 Å². The van der Waals surface area contributed by atoms with Crippen molar-refractivity contribution in [3.63, 3.8) is 0 Å². The fourth-order valence-corrected chi connectivity index (χ4v) is 2.08. The topological polar surface area (TPSA) is 51.2 Å². The van der Waals surface area contributed by atoms with Gasteiger partial charge in [0, 0.05) is 6.07 Å². The molecule has 2 rings (SSSR count). The summed E-state index contributed by atoms with van der Waals surface area (Å²) >= 11 is 1.10. The van der Waals surface area contributed by atoms with Gasteiger partial charge in [-0.25, -0.2) is 18.6 Å². The van der Waals surface area contributed by atoms with Gasteiger partial charge in [-0.3, -0.25) is 0 Å². The molecule has 0 bridgehead atoms. The van der Waals surface area contributed by atoms with Crippen molar-refractivity contribution in [3.05, 3.63) is 41.0 Å². The fourth-order valence-electron chi connectivity index (χ4n) is 1.40. The third-order valence-corrected chi connectivity index (χ3v) is 2.95. The summed E-state index contributed by atoms with van der Waals surface area (Å²) in [5.41, 5.74) is 1.41. The molecule has 0 aliphatic carbocycles. The van der Waals surface area contributed by atoms with Gasteiger partial charge in [-0.05, 0) is 19.1 Å². The molecule has 0 unspecified atom stereocenters. The van der Waals surface area contributed by atoms with E-state index in [1.54, 1.807) is 6.92 Å². The number of thiazole rings is 1. The highest BCUT2D eigenvalue weighted by atomic mass is 32.1. The zero-order chi connectivity index (χ0) is 13.8. The summed E-state index contributed by atoms with van der Waals surface area (Å²) in [5, 5.41) is 2.95. The van der Waals surface area contributed by atoms with Crippen molar-refractivity contribution in [3.8, 4) is 0 Å². The molecule has 0 amide bonds. The summed E-state index contributed by atoms with van der Waals surface area (Å²) < 4.78 is 31.3. The van der Waals surface area contributed by atoms with Gasteiger partial charge in [0.2, 0.25) is 0 Å². The maximum atomic E-state index is 13.5. The summed E-state index contributed by atoms with van der Waals surface area (Å²) in [4.78, 5) is 15.4. The number of halogens is 2. The highest BCUT2D eigenvalue weighted by Gasteiger charge is 2.17. The molecule has 1 aromatic heterocycles. The molecule has 100 valence electrons. The number of rotatable bonds is 4. The third kappa shape index (κ3) is 3.05. The Morgan fingerprint density at radius 1 is 1.47 bits per heavy atom. The first-order valence-corrected chi connectivity index (χ1v) is 6.32. The van der Waals surface area contributed by atoms with Crippen LogP contribution in [0.2, 0.25) is 0 Å². The SMILES string of the molecule is CCOC(=O)c1ncsc1Nc1cc(F)ccc1F. The molecule has 7 heteroatoms. The molecule has 19 heavy (non-hydrogen) atoms. The molecule has 0 spiro atoms. The molecule has 0 aliphatic heterocycles. The van der Waals surface area contributed by atoms with Crippen molar-refractivity contribution in [2.24, 2.45) is 0 Å². The molecule has 1 N–H and O–H groups in total. The standard InChI is InChI=1S/C12H10F2N2O2S/c1-2-18-12(17)10-11(19-6-15-10)16-9-5-7(13)3-4-8(9)14/h3-6,16H,2H2,1H3. The number of hydrogen-bond acceptors (Lipinski definition) is 5. The molecule has 4 nitrogen and oxygen atoms in total. The number of ether oxygens (including phenoxy) is 1. The van der Waals surface area contributed by atoms with E-state index in [1.807, 2.05) is 0 Å². The molecule has 0 saturated carbocycles. The average molecular weight is 284 g/mol. The second kappa shape index (κ2) is 5.75. The number of anilines is 2. The number of esters is 1. The van der Waals surface area contributed by atoms with Crippen LogP contribution in [0, 0.1) is 11.6 Å². The maximum absolute atomic E-state index is 13.5. The van der Waals surface area contributed by atoms with E-state index in [1.165, 1.54) is 5.51 Å². The zero-order valence-electron chi connectivity index (χ0n) is 9.94. The lowest BCUT2D eigenvalue weighted by Crippen LogP contribution is -2.07. The Balaban J connectivity index is 2.26. The molecular formula is C12H10F2N2O2S. The highest BCUT2D eigenvalue weighted by molar-refractivity contribution is 7.14. The highest BCUT2D eigenvalue weighted by Crippen LogP contribution is 2.27. The summed E-state index contributed by atoms with van der Waals surface area (Å²) in [7, 11) is 0. The van der Waals surface area contributed by atoms with Crippen molar-refractivity contribution >= 4 is 28.0 Å². The van der Waals surface area contributed by atoms with Crippen LogP contribution in [-0.2, 0) is 4.74 Å². The molecule has 1 heterocycles. The van der Waals surface area contributed by atoms with Crippen LogP contribution >= 0.6 is 11.3 Å². The molecular weight excluding hydrogens is 274 g/mol. The van der Waals surface area contributed by atoms with Crippen LogP contribution in [0.1, 0.15) is 17.4 Å². The second-order valence-electron chi connectivity index (χ2n) is 3.50. The Bertz CT molecular complexity index is 601. The number of carbonyl (C=O) groups excluding carboxylic acids is 1. The van der Waals surface area contributed by atoms with E-state index in [2.05, 4.69) is 10.3 Å². The van der Waals surface area contributed by atoms with Gasteiger partial charge < -0.3 is 10.1 Å². The second-order valence-corrected chi connectivity index (χ2v) is 4.35. The van der Waals surface area contributed by atoms with E-state index in [4.69, 9.17) is 4.74 Å². The van der Waals surface area contributed by atoms with Crippen molar-refractivity contribution in [2.45, 2.75) is 6.92 Å². The summed E-state index contributed by atoms with van der Waals surface area (Å²) in [5.74, 6) is -1.81. The summed E-state index contributed by atoms with van der Waals surface area (Å²) in [6, 6.07) is 3.02. The van der Waals surface area contributed by atoms with Crippen molar-refractivity contribution in [1.82, 2.24) is 4.98 Å². The first-order valence-electron chi connectivity index (χ1n) is 5.44. The van der Waals surface area contributed by atoms with Gasteiger partial charge in [0.1, 0.15) is 16.6 Å². The zero-order valence-corrected chi connectivity index (χ0v) is 10.8. The van der Waals surface area contributed by atoms with E-state index < -0.39 is 17.6 Å². The van der Waals surface area contributed by atoms with Gasteiger partial charge in [0.15, 0.2) is 5.69 Å². The minimum atomic E-state index is -0.621. The molecule has 0 fully saturated rings. The van der Waals surface area contributed by atoms with Crippen LogP contribution < -0.4 is 5.32 Å². The van der Waals surface area contributed by atoms with Gasteiger partial charge in [-0.1, -0.05) is 0 Å². The first-order chi connectivity index (χ1) is 9.11. The number of nitrogens with one attached hydrogen (secondary N) is 1. The molecule has 0 radical (unpaired) electrons. The van der Waals surface area contributed by atoms with Gasteiger partial charge in [0.25, 0.3) is 0 Å². The number of benzene rings is 1. The van der Waals surface area contributed by atoms with Gasteiger partial charge in [-0.2, -0.15) is 0 Å². The third-order valence-electron chi connectivity index (χ3n) is 2.21. The Morgan fingerprint density at radius 2 is 2.26 bits per heavy atom. The Hall–Kier alpha value is -2.02. The minimum Gasteiger partial charge on any atom is -0.461 e. The van der Waals surface area contributed by atoms with E-state index in [0.717, 1.165) is 29.5 Å². The molecule has 0 atom stereocenters. The molecule has 1 aromatic carbocycles. The van der Waals surface area contributed by atoms with Gasteiger partial charge >= 0.3 is 5.97 Å². The van der Waals surface area contributed by atoms with Crippen molar-refractivity contribution in [2.75, 3.05) is 11.9 Å². The van der Waals surface area contributed by atoms with Crippen LogP contribution in [0.3, 0.4) is 0 Å². The Labute approximate surface area is 112 Å². The van der Waals surface area contributed by atoms with Crippen LogP contribution in [0.5, 0.6) is 0 Å². The van der Waals surface area contributed by atoms with E-state index >= 15 is 0 Å². The van der Waals surface area contributed by atoms with Crippen LogP contribution in [-0.4, -0.2) is 17.6 Å². The molecule has 0 aliphatic rings. The number of carbonyl (C=O) groups is 1. The van der Waals surface area contributed by atoms with Gasteiger partial charge in [-0.15, -0.1) is 11.3 Å². The van der Waals surface area contributed by atoms with Gasteiger partial charge in [0.05, 0.1) is 17.8 Å². The Morgan fingerprint density at radius 3 is 3.00 bits per heavy atom. The summed E-state index contributed by atoms with van der Waals surface area (Å²) in [6.45, 7) is 1.88. The monoisotopic (exact) mass is 284 g/mol. The average Bonchev–Trinajstić information content (AvgIpc) is 2.82. The largest absolute Gasteiger partial charge is 0.461 e. The fraction of sp³-hybridized carbons (Fsp3) is 0.167. The lowest BCUT2D eigenvalue weighted by atomic mass is 10.3. The number of nitrogens with zero attached hydrogens (tertiary/aromatic N) is 1. The number of hydrogen-bond donors (Lipinski definition) is 1. The lowest BCUT2D eigenvalue weighted by molar-refractivity contribution is 0.0521. The molecule has 2 aromatic rings. The maximum Gasteiger partial charge on any atom is 0.360 e. The minimum absolute atomic E-state index is 0.0514. The predicted octanol–water partition coefficient (Wildman–Crippen LogP) is 3.34. The van der Waals surface area contributed by atoms with Crippen LogP contribution in [0.4, 0.5) is 19.5 Å². The van der Waals surface area contributed by atoms with E-state index in [-0.39, 0.29) is 18.0 Å². The van der Waals surface area contributed by atoms with E-state index in [0.29, 0.717) is 5.00 Å². The van der Waals surface area contributed by atoms with Crippen molar-refractivity contribution < 1.29 is 18.3 Å². The molecule has 0 saturated heterocycles. The number of aromatic nitrogens is 1.